The summed E-state index contributed by atoms with van der Waals surface area (Å²) in [6.07, 6.45) is 0. The average molecular weight is 369 g/mol. The molecule has 136 valence electrons. The van der Waals surface area contributed by atoms with E-state index in [4.69, 9.17) is 0 Å². The summed E-state index contributed by atoms with van der Waals surface area (Å²) in [5.41, 5.74) is 5.56. The molecule has 3 aromatic carbocycles. The Balaban J connectivity index is 1.64. The molecule has 1 heterocycles. The lowest BCUT2D eigenvalue weighted by Gasteiger charge is -2.08. The Hall–Kier alpha value is -4.06. The molecule has 3 amide bonds. The Bertz CT molecular complexity index is 1060. The first kappa shape index (κ1) is 17.4. The van der Waals surface area contributed by atoms with Crippen molar-refractivity contribution in [3.63, 3.8) is 0 Å². The van der Waals surface area contributed by atoms with Crippen LogP contribution < -0.4 is 10.7 Å². The largest absolute Gasteiger partial charge is 0.288 e. The highest BCUT2D eigenvalue weighted by Gasteiger charge is 2.27. The smallest absolute Gasteiger partial charge is 0.271 e. The van der Waals surface area contributed by atoms with Crippen LogP contribution >= 0.6 is 0 Å². The molecule has 0 radical (unpaired) electrons. The van der Waals surface area contributed by atoms with Crippen LogP contribution in [0, 0.1) is 0 Å². The number of imide groups is 1. The molecule has 0 aliphatic carbocycles. The summed E-state index contributed by atoms with van der Waals surface area (Å²) in [6.45, 7) is 0. The van der Waals surface area contributed by atoms with Crippen molar-refractivity contribution < 1.29 is 14.4 Å². The van der Waals surface area contributed by atoms with Crippen LogP contribution in [0.1, 0.15) is 42.2 Å². The summed E-state index contributed by atoms with van der Waals surface area (Å²) >= 11 is 0. The van der Waals surface area contributed by atoms with Gasteiger partial charge in [-0.05, 0) is 18.2 Å². The molecule has 28 heavy (non-hydrogen) atoms. The summed E-state index contributed by atoms with van der Waals surface area (Å²) in [6, 6.07) is 23.4. The predicted molar refractivity (Wildman–Crippen MR) is 104 cm³/mol. The molecule has 0 aromatic heterocycles. The fraction of sp³-hybridized carbons (Fsp3) is 0. The van der Waals surface area contributed by atoms with Gasteiger partial charge in [0.2, 0.25) is 0 Å². The summed E-state index contributed by atoms with van der Waals surface area (Å²) in [5.74, 6) is -1.44. The Kier molecular flexibility index (Phi) is 4.51. The quantitative estimate of drug-likeness (QED) is 0.421. The third-order valence-corrected chi connectivity index (χ3v) is 4.36. The van der Waals surface area contributed by atoms with Crippen LogP contribution in [0.25, 0.3) is 0 Å². The van der Waals surface area contributed by atoms with Gasteiger partial charge in [-0.1, -0.05) is 60.7 Å². The highest BCUT2D eigenvalue weighted by molar-refractivity contribution is 6.22. The van der Waals surface area contributed by atoms with Gasteiger partial charge in [0.15, 0.2) is 0 Å². The summed E-state index contributed by atoms with van der Waals surface area (Å²) in [5, 5.41) is 6.52. The first-order valence-corrected chi connectivity index (χ1v) is 8.62. The molecule has 0 bridgehead atoms. The first-order chi connectivity index (χ1) is 13.6. The average Bonchev–Trinajstić information content (AvgIpc) is 3.03. The number of nitrogens with zero attached hydrogens (tertiary/aromatic N) is 1. The van der Waals surface area contributed by atoms with Crippen molar-refractivity contribution in [2.45, 2.75) is 0 Å². The SMILES string of the molecule is O=C(NN=C(c1ccccc1)c1ccccc1)c1ccc2c(c1)C(=O)NC2=O. The van der Waals surface area contributed by atoms with E-state index in [9.17, 15) is 14.4 Å². The number of carbonyl (C=O) groups is 3. The van der Waals surface area contributed by atoms with Crippen LogP contribution in [-0.4, -0.2) is 23.4 Å². The minimum atomic E-state index is -0.507. The second-order valence-corrected chi connectivity index (χ2v) is 6.18. The third kappa shape index (κ3) is 3.31. The van der Waals surface area contributed by atoms with Gasteiger partial charge in [0, 0.05) is 16.7 Å². The number of hydrogen-bond acceptors (Lipinski definition) is 4. The predicted octanol–water partition coefficient (Wildman–Crippen LogP) is 2.75. The van der Waals surface area contributed by atoms with Crippen LogP contribution in [0.3, 0.4) is 0 Å². The zero-order chi connectivity index (χ0) is 19.5. The minimum absolute atomic E-state index is 0.188. The molecule has 3 aromatic rings. The topological polar surface area (TPSA) is 87.6 Å². The molecule has 4 rings (SSSR count). The van der Waals surface area contributed by atoms with E-state index in [1.807, 2.05) is 60.7 Å². The second kappa shape index (κ2) is 7.28. The van der Waals surface area contributed by atoms with Crippen LogP contribution in [-0.2, 0) is 0 Å². The molecule has 1 aliphatic rings. The zero-order valence-electron chi connectivity index (χ0n) is 14.7. The van der Waals surface area contributed by atoms with Gasteiger partial charge in [-0.15, -0.1) is 0 Å². The molecule has 1 aliphatic heterocycles. The minimum Gasteiger partial charge on any atom is -0.288 e. The van der Waals surface area contributed by atoms with Gasteiger partial charge in [0.25, 0.3) is 17.7 Å². The molecule has 0 fully saturated rings. The Morgan fingerprint density at radius 2 is 1.29 bits per heavy atom. The van der Waals surface area contributed by atoms with Crippen molar-refractivity contribution in [2.75, 3.05) is 0 Å². The molecule has 0 unspecified atom stereocenters. The van der Waals surface area contributed by atoms with Crippen molar-refractivity contribution in [2.24, 2.45) is 5.10 Å². The van der Waals surface area contributed by atoms with Gasteiger partial charge in [0.1, 0.15) is 0 Å². The van der Waals surface area contributed by atoms with Gasteiger partial charge in [0.05, 0.1) is 16.8 Å². The van der Waals surface area contributed by atoms with Crippen LogP contribution in [0.2, 0.25) is 0 Å². The second-order valence-electron chi connectivity index (χ2n) is 6.18. The third-order valence-electron chi connectivity index (χ3n) is 4.36. The standard InChI is InChI=1S/C22H15N3O3/c26-20(16-11-12-17-18(13-16)22(28)23-21(17)27)25-24-19(14-7-3-1-4-8-14)15-9-5-2-6-10-15/h1-13H,(H,25,26)(H,23,27,28). The maximum Gasteiger partial charge on any atom is 0.271 e. The van der Waals surface area contributed by atoms with Crippen molar-refractivity contribution in [1.82, 2.24) is 10.7 Å². The van der Waals surface area contributed by atoms with Crippen molar-refractivity contribution in [3.8, 4) is 0 Å². The first-order valence-electron chi connectivity index (χ1n) is 8.62. The van der Waals surface area contributed by atoms with E-state index in [2.05, 4.69) is 15.8 Å². The molecular formula is C22H15N3O3. The van der Waals surface area contributed by atoms with E-state index in [-0.39, 0.29) is 16.7 Å². The number of rotatable bonds is 4. The van der Waals surface area contributed by atoms with Gasteiger partial charge >= 0.3 is 0 Å². The van der Waals surface area contributed by atoms with Crippen molar-refractivity contribution >= 4 is 23.4 Å². The molecule has 6 heteroatoms. The molecule has 0 saturated carbocycles. The number of hydrazone groups is 1. The highest BCUT2D eigenvalue weighted by Crippen LogP contribution is 2.17. The summed E-state index contributed by atoms with van der Waals surface area (Å²) in [7, 11) is 0. The molecule has 0 saturated heterocycles. The van der Waals surface area contributed by atoms with E-state index in [1.165, 1.54) is 18.2 Å². The number of nitrogens with one attached hydrogen (secondary N) is 2. The monoisotopic (exact) mass is 369 g/mol. The lowest BCUT2D eigenvalue weighted by atomic mass is 10.0. The van der Waals surface area contributed by atoms with Crippen LogP contribution in [0.5, 0.6) is 0 Å². The van der Waals surface area contributed by atoms with Gasteiger partial charge in [-0.2, -0.15) is 5.10 Å². The lowest BCUT2D eigenvalue weighted by molar-refractivity contribution is 0.0878. The van der Waals surface area contributed by atoms with Crippen molar-refractivity contribution in [3.05, 3.63) is 107 Å². The van der Waals surface area contributed by atoms with E-state index in [0.29, 0.717) is 5.71 Å². The number of benzene rings is 3. The van der Waals surface area contributed by atoms with E-state index >= 15 is 0 Å². The lowest BCUT2D eigenvalue weighted by Crippen LogP contribution is -2.21. The van der Waals surface area contributed by atoms with Gasteiger partial charge in [-0.3, -0.25) is 19.7 Å². The van der Waals surface area contributed by atoms with Crippen LogP contribution in [0.4, 0.5) is 0 Å². The maximum atomic E-state index is 12.6. The van der Waals surface area contributed by atoms with Gasteiger partial charge < -0.3 is 0 Å². The normalized spacial score (nSPS) is 12.1. The zero-order valence-corrected chi connectivity index (χ0v) is 14.7. The molecule has 0 atom stereocenters. The highest BCUT2D eigenvalue weighted by atomic mass is 16.2. The Morgan fingerprint density at radius 3 is 1.89 bits per heavy atom. The molecule has 0 spiro atoms. The molecule has 2 N–H and O–H groups in total. The van der Waals surface area contributed by atoms with Gasteiger partial charge in [-0.25, -0.2) is 5.43 Å². The fourth-order valence-electron chi connectivity index (χ4n) is 2.97. The fourth-order valence-corrected chi connectivity index (χ4v) is 2.97. The maximum absolute atomic E-state index is 12.6. The van der Waals surface area contributed by atoms with E-state index < -0.39 is 17.7 Å². The molecular weight excluding hydrogens is 354 g/mol. The molecule has 6 nitrogen and oxygen atoms in total. The van der Waals surface area contributed by atoms with Crippen LogP contribution in [0.15, 0.2) is 84.0 Å². The van der Waals surface area contributed by atoms with E-state index in [1.54, 1.807) is 0 Å². The number of carbonyl (C=O) groups excluding carboxylic acids is 3. The Morgan fingerprint density at radius 1 is 0.714 bits per heavy atom. The summed E-state index contributed by atoms with van der Waals surface area (Å²) < 4.78 is 0. The van der Waals surface area contributed by atoms with Crippen molar-refractivity contribution in [1.29, 1.82) is 0 Å². The van der Waals surface area contributed by atoms with E-state index in [0.717, 1.165) is 11.1 Å². The number of fused-ring (bicyclic) bond motifs is 1. The number of amides is 3. The summed E-state index contributed by atoms with van der Waals surface area (Å²) in [4.78, 5) is 36.0. The Labute approximate surface area is 160 Å². The number of hydrogen-bond donors (Lipinski definition) is 2.